The van der Waals surface area contributed by atoms with E-state index in [1.165, 1.54) is 22.2 Å². The molecule has 1 amide bonds. The molecule has 4 rings (SSSR count). The van der Waals surface area contributed by atoms with Gasteiger partial charge in [0.25, 0.3) is 0 Å². The van der Waals surface area contributed by atoms with Crippen LogP contribution in [0.3, 0.4) is 0 Å². The molecule has 0 bridgehead atoms. The summed E-state index contributed by atoms with van der Waals surface area (Å²) in [5.41, 5.74) is 1.20. The van der Waals surface area contributed by atoms with Crippen molar-refractivity contribution in [2.45, 2.75) is 18.1 Å². The lowest BCUT2D eigenvalue weighted by Crippen LogP contribution is -2.48. The number of rotatable bonds is 7. The number of carbonyl (C=O) groups is 1. The molecule has 152 valence electrons. The molecule has 1 saturated heterocycles. The Morgan fingerprint density at radius 2 is 2.07 bits per heavy atom. The molecule has 1 aliphatic rings. The van der Waals surface area contributed by atoms with Gasteiger partial charge in [0.05, 0.1) is 5.75 Å². The molecule has 1 N–H and O–H groups in total. The number of halogens is 1. The van der Waals surface area contributed by atoms with E-state index in [1.54, 1.807) is 11.3 Å². The molecule has 0 saturated carbocycles. The topological polar surface area (TPSA) is 65.1 Å². The standard InChI is InChI=1S/C20H22ClN5OS2/c21-16-4-1-3-15(11-16)13-25-6-8-26(9-7-25)19(27)14-29-20-22-18(23-24-20)12-17-5-2-10-28-17/h1-5,10-11H,6-9,12-14H2,(H,22,23,24). The van der Waals surface area contributed by atoms with Crippen LogP contribution in [0, 0.1) is 0 Å². The second-order valence-electron chi connectivity index (χ2n) is 6.90. The summed E-state index contributed by atoms with van der Waals surface area (Å²) in [5, 5.41) is 10.6. The van der Waals surface area contributed by atoms with Gasteiger partial charge in [-0.05, 0) is 29.1 Å². The summed E-state index contributed by atoms with van der Waals surface area (Å²) in [7, 11) is 0. The van der Waals surface area contributed by atoms with E-state index in [1.807, 2.05) is 29.2 Å². The molecule has 6 nitrogen and oxygen atoms in total. The van der Waals surface area contributed by atoms with Gasteiger partial charge in [-0.1, -0.05) is 41.6 Å². The minimum Gasteiger partial charge on any atom is -0.339 e. The van der Waals surface area contributed by atoms with Crippen LogP contribution in [0.15, 0.2) is 46.9 Å². The summed E-state index contributed by atoms with van der Waals surface area (Å²) in [6.45, 7) is 4.10. The van der Waals surface area contributed by atoms with Gasteiger partial charge in [0.2, 0.25) is 11.1 Å². The van der Waals surface area contributed by atoms with Gasteiger partial charge >= 0.3 is 0 Å². The third kappa shape index (κ3) is 5.82. The monoisotopic (exact) mass is 447 g/mol. The quantitative estimate of drug-likeness (QED) is 0.561. The highest BCUT2D eigenvalue weighted by molar-refractivity contribution is 7.99. The van der Waals surface area contributed by atoms with E-state index < -0.39 is 0 Å². The van der Waals surface area contributed by atoms with E-state index in [-0.39, 0.29) is 5.91 Å². The van der Waals surface area contributed by atoms with Crippen LogP contribution in [0.25, 0.3) is 0 Å². The highest BCUT2D eigenvalue weighted by Crippen LogP contribution is 2.18. The first-order chi connectivity index (χ1) is 14.2. The molecule has 0 radical (unpaired) electrons. The van der Waals surface area contributed by atoms with Gasteiger partial charge in [-0.15, -0.1) is 16.4 Å². The molecular weight excluding hydrogens is 426 g/mol. The van der Waals surface area contributed by atoms with Crippen LogP contribution < -0.4 is 0 Å². The average molecular weight is 448 g/mol. The van der Waals surface area contributed by atoms with E-state index in [9.17, 15) is 4.79 Å². The van der Waals surface area contributed by atoms with Gasteiger partial charge in [0.1, 0.15) is 5.82 Å². The van der Waals surface area contributed by atoms with Crippen LogP contribution in [0.2, 0.25) is 5.02 Å². The Morgan fingerprint density at radius 1 is 1.21 bits per heavy atom. The fraction of sp³-hybridized carbons (Fsp3) is 0.350. The van der Waals surface area contributed by atoms with E-state index in [0.29, 0.717) is 10.9 Å². The highest BCUT2D eigenvalue weighted by atomic mass is 35.5. The molecule has 1 aliphatic heterocycles. The van der Waals surface area contributed by atoms with Crippen LogP contribution in [0.5, 0.6) is 0 Å². The van der Waals surface area contributed by atoms with Gasteiger partial charge < -0.3 is 4.90 Å². The van der Waals surface area contributed by atoms with E-state index in [0.717, 1.165) is 50.0 Å². The summed E-state index contributed by atoms with van der Waals surface area (Å²) in [4.78, 5) is 22.6. The van der Waals surface area contributed by atoms with E-state index in [4.69, 9.17) is 11.6 Å². The van der Waals surface area contributed by atoms with Gasteiger partial charge in [-0.25, -0.2) is 4.98 Å². The zero-order valence-electron chi connectivity index (χ0n) is 15.9. The number of hydrogen-bond donors (Lipinski definition) is 1. The molecular formula is C20H22ClN5OS2. The zero-order valence-corrected chi connectivity index (χ0v) is 18.3. The summed E-state index contributed by atoms with van der Waals surface area (Å²) in [6, 6.07) is 12.1. The third-order valence-electron chi connectivity index (χ3n) is 4.78. The number of aromatic nitrogens is 3. The minimum atomic E-state index is 0.141. The first-order valence-corrected chi connectivity index (χ1v) is 11.7. The first-order valence-electron chi connectivity index (χ1n) is 9.47. The number of piperazine rings is 1. The predicted molar refractivity (Wildman–Crippen MR) is 118 cm³/mol. The molecule has 0 spiro atoms. The lowest BCUT2D eigenvalue weighted by atomic mass is 10.2. The maximum atomic E-state index is 12.5. The van der Waals surface area contributed by atoms with Crippen molar-refractivity contribution >= 4 is 40.6 Å². The Balaban J connectivity index is 1.20. The van der Waals surface area contributed by atoms with E-state index in [2.05, 4.69) is 37.6 Å². The van der Waals surface area contributed by atoms with Gasteiger partial charge in [0, 0.05) is 49.0 Å². The maximum absolute atomic E-state index is 12.5. The second-order valence-corrected chi connectivity index (χ2v) is 9.31. The van der Waals surface area contributed by atoms with Crippen molar-refractivity contribution in [2.24, 2.45) is 0 Å². The van der Waals surface area contributed by atoms with Crippen molar-refractivity contribution in [3.63, 3.8) is 0 Å². The van der Waals surface area contributed by atoms with Gasteiger partial charge in [-0.2, -0.15) is 0 Å². The summed E-state index contributed by atoms with van der Waals surface area (Å²) in [6.07, 6.45) is 0.744. The highest BCUT2D eigenvalue weighted by Gasteiger charge is 2.21. The fourth-order valence-electron chi connectivity index (χ4n) is 3.27. The van der Waals surface area contributed by atoms with Crippen molar-refractivity contribution in [3.05, 3.63) is 63.1 Å². The van der Waals surface area contributed by atoms with Crippen molar-refractivity contribution in [2.75, 3.05) is 31.9 Å². The van der Waals surface area contributed by atoms with Crippen LogP contribution in [-0.2, 0) is 17.8 Å². The normalized spacial score (nSPS) is 15.0. The van der Waals surface area contributed by atoms with Crippen molar-refractivity contribution in [3.8, 4) is 0 Å². The Hall–Kier alpha value is -1.87. The second kappa shape index (κ2) is 9.75. The minimum absolute atomic E-state index is 0.141. The summed E-state index contributed by atoms with van der Waals surface area (Å²) >= 11 is 9.15. The Bertz CT molecular complexity index is 938. The Labute approximate surface area is 183 Å². The number of thioether (sulfide) groups is 1. The molecule has 3 aromatic rings. The Kier molecular flexibility index (Phi) is 6.86. The number of thiophene rings is 1. The Morgan fingerprint density at radius 3 is 2.83 bits per heavy atom. The number of benzene rings is 1. The SMILES string of the molecule is O=C(CSc1n[nH]c(Cc2cccs2)n1)N1CCN(Cc2cccc(Cl)c2)CC1. The number of hydrogen-bond acceptors (Lipinski definition) is 6. The van der Waals surface area contributed by atoms with Crippen LogP contribution in [-0.4, -0.2) is 62.8 Å². The van der Waals surface area contributed by atoms with Crippen molar-refractivity contribution < 1.29 is 4.79 Å². The number of nitrogens with zero attached hydrogens (tertiary/aromatic N) is 4. The zero-order chi connectivity index (χ0) is 20.1. The molecule has 29 heavy (non-hydrogen) atoms. The number of aromatic amines is 1. The van der Waals surface area contributed by atoms with E-state index >= 15 is 0 Å². The van der Waals surface area contributed by atoms with Gasteiger partial charge in [0.15, 0.2) is 0 Å². The molecule has 1 aromatic carbocycles. The maximum Gasteiger partial charge on any atom is 0.233 e. The summed E-state index contributed by atoms with van der Waals surface area (Å²) in [5.74, 6) is 1.34. The largest absolute Gasteiger partial charge is 0.339 e. The van der Waals surface area contributed by atoms with Gasteiger partial charge in [-0.3, -0.25) is 14.8 Å². The predicted octanol–water partition coefficient (Wildman–Crippen LogP) is 3.55. The molecule has 0 aliphatic carbocycles. The van der Waals surface area contributed by atoms with Crippen molar-refractivity contribution in [1.82, 2.24) is 25.0 Å². The average Bonchev–Trinajstić information content (AvgIpc) is 3.39. The fourth-order valence-corrected chi connectivity index (χ4v) is 4.91. The lowest BCUT2D eigenvalue weighted by Gasteiger charge is -2.34. The van der Waals surface area contributed by atoms with Crippen LogP contribution in [0.1, 0.15) is 16.3 Å². The van der Waals surface area contributed by atoms with Crippen LogP contribution >= 0.6 is 34.7 Å². The first kappa shape index (κ1) is 20.4. The molecule has 1 fully saturated rings. The molecule has 3 heterocycles. The molecule has 0 unspecified atom stereocenters. The number of amides is 1. The van der Waals surface area contributed by atoms with Crippen molar-refractivity contribution in [1.29, 1.82) is 0 Å². The summed E-state index contributed by atoms with van der Waals surface area (Å²) < 4.78 is 0. The molecule has 2 aromatic heterocycles. The molecule has 0 atom stereocenters. The molecule has 9 heteroatoms. The third-order valence-corrected chi connectivity index (χ3v) is 6.72. The number of carbonyl (C=O) groups excluding carboxylic acids is 1. The number of H-pyrrole nitrogens is 1. The van der Waals surface area contributed by atoms with Crippen LogP contribution in [0.4, 0.5) is 0 Å². The lowest BCUT2D eigenvalue weighted by molar-refractivity contribution is -0.130. The smallest absolute Gasteiger partial charge is 0.233 e. The number of nitrogens with one attached hydrogen (secondary N) is 1.